The highest BCUT2D eigenvalue weighted by atomic mass is 16.5. The predicted molar refractivity (Wildman–Crippen MR) is 108 cm³/mol. The van der Waals surface area contributed by atoms with E-state index in [0.717, 1.165) is 18.4 Å². The van der Waals surface area contributed by atoms with Crippen LogP contribution in [0.5, 0.6) is 5.75 Å². The van der Waals surface area contributed by atoms with Crippen LogP contribution in [0.25, 0.3) is 0 Å². The highest BCUT2D eigenvalue weighted by molar-refractivity contribution is 5.94. The van der Waals surface area contributed by atoms with Crippen molar-refractivity contribution in [1.29, 1.82) is 0 Å². The zero-order valence-corrected chi connectivity index (χ0v) is 16.6. The summed E-state index contributed by atoms with van der Waals surface area (Å²) in [5, 5.41) is 2.61. The summed E-state index contributed by atoms with van der Waals surface area (Å²) in [6.45, 7) is 2.01. The molecule has 0 spiro atoms. The predicted octanol–water partition coefficient (Wildman–Crippen LogP) is 3.38. The molecule has 0 saturated heterocycles. The summed E-state index contributed by atoms with van der Waals surface area (Å²) in [6, 6.07) is 13.3. The van der Waals surface area contributed by atoms with Gasteiger partial charge in [0.05, 0.1) is 25.7 Å². The van der Waals surface area contributed by atoms with Gasteiger partial charge >= 0.3 is 11.9 Å². The lowest BCUT2D eigenvalue weighted by atomic mass is 10.1. The number of hydrogen-bond donors (Lipinski definition) is 1. The standard InChI is InChI=1S/C22H25NO6/c1-3-4-13-28-22(26)17-7-9-18(10-8-17)23-20(24)15-29-21(25)14-16-5-11-19(27-2)12-6-16/h5-12H,3-4,13-15H2,1-2H3,(H,23,24). The molecule has 1 N–H and O–H groups in total. The van der Waals surface area contributed by atoms with Crippen molar-refractivity contribution in [3.63, 3.8) is 0 Å². The molecule has 2 aromatic rings. The Morgan fingerprint density at radius 3 is 2.24 bits per heavy atom. The van der Waals surface area contributed by atoms with E-state index >= 15 is 0 Å². The Labute approximate surface area is 170 Å². The maximum Gasteiger partial charge on any atom is 0.338 e. The maximum absolute atomic E-state index is 11.9. The molecule has 0 aliphatic rings. The van der Waals surface area contributed by atoms with Gasteiger partial charge in [-0.3, -0.25) is 9.59 Å². The molecule has 7 nitrogen and oxygen atoms in total. The Morgan fingerprint density at radius 1 is 0.931 bits per heavy atom. The number of hydrogen-bond acceptors (Lipinski definition) is 6. The SMILES string of the molecule is CCCCOC(=O)c1ccc(NC(=O)COC(=O)Cc2ccc(OC)cc2)cc1. The molecule has 1 amide bonds. The molecule has 0 fully saturated rings. The fraction of sp³-hybridized carbons (Fsp3) is 0.318. The number of carbonyl (C=O) groups is 3. The van der Waals surface area contributed by atoms with Gasteiger partial charge in [-0.2, -0.15) is 0 Å². The minimum Gasteiger partial charge on any atom is -0.497 e. The van der Waals surface area contributed by atoms with Crippen LogP contribution in [0.2, 0.25) is 0 Å². The van der Waals surface area contributed by atoms with Crippen LogP contribution < -0.4 is 10.1 Å². The number of unbranched alkanes of at least 4 members (excludes halogenated alkanes) is 1. The van der Waals surface area contributed by atoms with Gasteiger partial charge in [0.25, 0.3) is 5.91 Å². The number of anilines is 1. The zero-order valence-electron chi connectivity index (χ0n) is 16.6. The van der Waals surface area contributed by atoms with Gasteiger partial charge < -0.3 is 19.5 Å². The molecule has 2 rings (SSSR count). The smallest absolute Gasteiger partial charge is 0.338 e. The van der Waals surface area contributed by atoms with E-state index in [4.69, 9.17) is 14.2 Å². The van der Waals surface area contributed by atoms with E-state index in [9.17, 15) is 14.4 Å². The van der Waals surface area contributed by atoms with Crippen LogP contribution in [0.3, 0.4) is 0 Å². The normalized spacial score (nSPS) is 10.1. The second-order valence-electron chi connectivity index (χ2n) is 6.30. The number of rotatable bonds is 10. The van der Waals surface area contributed by atoms with Crippen LogP contribution in [0.1, 0.15) is 35.7 Å². The van der Waals surface area contributed by atoms with Crippen molar-refractivity contribution < 1.29 is 28.6 Å². The summed E-state index contributed by atoms with van der Waals surface area (Å²) in [5.41, 5.74) is 1.66. The molecule has 154 valence electrons. The van der Waals surface area contributed by atoms with Gasteiger partial charge in [-0.25, -0.2) is 4.79 Å². The summed E-state index contributed by atoms with van der Waals surface area (Å²) < 4.78 is 15.2. The Hall–Kier alpha value is -3.35. The minimum atomic E-state index is -0.504. The lowest BCUT2D eigenvalue weighted by Gasteiger charge is -2.08. The first kappa shape index (κ1) is 21.9. The van der Waals surface area contributed by atoms with E-state index in [1.807, 2.05) is 6.92 Å². The second kappa shape index (κ2) is 11.5. The molecule has 0 heterocycles. The van der Waals surface area contributed by atoms with E-state index < -0.39 is 24.5 Å². The quantitative estimate of drug-likeness (QED) is 0.487. The van der Waals surface area contributed by atoms with Crippen LogP contribution >= 0.6 is 0 Å². The summed E-state index contributed by atoms with van der Waals surface area (Å²) in [4.78, 5) is 35.7. The third-order valence-electron chi connectivity index (χ3n) is 4.01. The van der Waals surface area contributed by atoms with E-state index in [1.165, 1.54) is 0 Å². The molecule has 0 saturated carbocycles. The van der Waals surface area contributed by atoms with Crippen molar-refractivity contribution in [2.75, 3.05) is 25.6 Å². The van der Waals surface area contributed by atoms with Crippen LogP contribution in [-0.4, -0.2) is 38.2 Å². The summed E-state index contributed by atoms with van der Waals surface area (Å²) in [6.07, 6.45) is 1.83. The van der Waals surface area contributed by atoms with Crippen molar-refractivity contribution in [2.24, 2.45) is 0 Å². The first-order valence-electron chi connectivity index (χ1n) is 9.37. The Morgan fingerprint density at radius 2 is 1.62 bits per heavy atom. The fourth-order valence-electron chi connectivity index (χ4n) is 2.39. The van der Waals surface area contributed by atoms with Crippen molar-refractivity contribution in [3.8, 4) is 5.75 Å². The highest BCUT2D eigenvalue weighted by Crippen LogP contribution is 2.13. The lowest BCUT2D eigenvalue weighted by molar-refractivity contribution is -0.146. The third-order valence-corrected chi connectivity index (χ3v) is 4.01. The molecular weight excluding hydrogens is 374 g/mol. The van der Waals surface area contributed by atoms with Crippen molar-refractivity contribution in [3.05, 3.63) is 59.7 Å². The molecule has 2 aromatic carbocycles. The molecule has 0 aliphatic heterocycles. The number of nitrogens with one attached hydrogen (secondary N) is 1. The van der Waals surface area contributed by atoms with E-state index in [0.29, 0.717) is 23.6 Å². The first-order valence-corrected chi connectivity index (χ1v) is 9.37. The number of carbonyl (C=O) groups excluding carboxylic acids is 3. The first-order chi connectivity index (χ1) is 14.0. The minimum absolute atomic E-state index is 0.0616. The number of esters is 2. The number of methoxy groups -OCH3 is 1. The van der Waals surface area contributed by atoms with Crippen LogP contribution in [0.15, 0.2) is 48.5 Å². The van der Waals surface area contributed by atoms with Gasteiger partial charge in [-0.15, -0.1) is 0 Å². The number of benzene rings is 2. The monoisotopic (exact) mass is 399 g/mol. The molecule has 0 bridgehead atoms. The van der Waals surface area contributed by atoms with Crippen molar-refractivity contribution in [2.45, 2.75) is 26.2 Å². The molecule has 29 heavy (non-hydrogen) atoms. The second-order valence-corrected chi connectivity index (χ2v) is 6.30. The third kappa shape index (κ3) is 7.65. The summed E-state index contributed by atoms with van der Waals surface area (Å²) in [7, 11) is 1.56. The molecule has 0 radical (unpaired) electrons. The van der Waals surface area contributed by atoms with Crippen molar-refractivity contribution in [1.82, 2.24) is 0 Å². The molecular formula is C22H25NO6. The molecule has 0 aromatic heterocycles. The molecule has 0 aliphatic carbocycles. The van der Waals surface area contributed by atoms with E-state index in [1.54, 1.807) is 55.6 Å². The zero-order chi connectivity index (χ0) is 21.1. The topological polar surface area (TPSA) is 90.9 Å². The van der Waals surface area contributed by atoms with Gasteiger partial charge in [-0.05, 0) is 48.4 Å². The van der Waals surface area contributed by atoms with Gasteiger partial charge in [-0.1, -0.05) is 25.5 Å². The average Bonchev–Trinajstić information content (AvgIpc) is 2.73. The van der Waals surface area contributed by atoms with E-state index in [2.05, 4.69) is 5.32 Å². The van der Waals surface area contributed by atoms with Crippen LogP contribution in [0, 0.1) is 0 Å². The highest BCUT2D eigenvalue weighted by Gasteiger charge is 2.11. The lowest BCUT2D eigenvalue weighted by Crippen LogP contribution is -2.21. The van der Waals surface area contributed by atoms with Crippen LogP contribution in [0.4, 0.5) is 5.69 Å². The number of amides is 1. The van der Waals surface area contributed by atoms with Gasteiger partial charge in [0.15, 0.2) is 6.61 Å². The molecule has 7 heteroatoms. The van der Waals surface area contributed by atoms with Crippen LogP contribution in [-0.2, 0) is 25.5 Å². The summed E-state index contributed by atoms with van der Waals surface area (Å²) in [5.74, 6) is -0.674. The van der Waals surface area contributed by atoms with Crippen molar-refractivity contribution >= 4 is 23.5 Å². The molecule has 0 atom stereocenters. The Kier molecular flexibility index (Phi) is 8.69. The average molecular weight is 399 g/mol. The van der Waals surface area contributed by atoms with Gasteiger partial charge in [0.1, 0.15) is 5.75 Å². The summed E-state index contributed by atoms with van der Waals surface area (Å²) >= 11 is 0. The largest absolute Gasteiger partial charge is 0.497 e. The van der Waals surface area contributed by atoms with Gasteiger partial charge in [0.2, 0.25) is 0 Å². The fourth-order valence-corrected chi connectivity index (χ4v) is 2.39. The van der Waals surface area contributed by atoms with E-state index in [-0.39, 0.29) is 6.42 Å². The molecule has 0 unspecified atom stereocenters. The Balaban J connectivity index is 1.75. The Bertz CT molecular complexity index is 814. The number of ether oxygens (including phenoxy) is 3. The maximum atomic E-state index is 11.9. The van der Waals surface area contributed by atoms with Gasteiger partial charge in [0, 0.05) is 5.69 Å².